The Morgan fingerprint density at radius 1 is 1.12 bits per heavy atom. The minimum absolute atomic E-state index is 0.256. The lowest BCUT2D eigenvalue weighted by Crippen LogP contribution is -2.34. The van der Waals surface area contributed by atoms with Gasteiger partial charge in [-0.3, -0.25) is 0 Å². The highest BCUT2D eigenvalue weighted by Crippen LogP contribution is 2.32. The standard InChI is InChI=1S/C20H24N2OS/c1-13-7-8-16(11-14(13)2)21-20(24)22-19-6-4-5-15-12-17(23-3)9-10-18(15)19/h7-12,19H,4-6H2,1-3H3,(H2,21,22,24)/t19-/m0/s1. The van der Waals surface area contributed by atoms with Crippen LogP contribution in [-0.4, -0.2) is 12.2 Å². The zero-order valence-electron chi connectivity index (χ0n) is 14.5. The summed E-state index contributed by atoms with van der Waals surface area (Å²) >= 11 is 5.52. The third-order valence-corrected chi connectivity index (χ3v) is 4.95. The molecule has 0 fully saturated rings. The highest BCUT2D eigenvalue weighted by Gasteiger charge is 2.21. The zero-order valence-corrected chi connectivity index (χ0v) is 15.3. The lowest BCUT2D eigenvalue weighted by molar-refractivity contribution is 0.412. The second kappa shape index (κ2) is 7.22. The maximum atomic E-state index is 5.52. The molecular weight excluding hydrogens is 316 g/mol. The van der Waals surface area contributed by atoms with Crippen molar-refractivity contribution in [1.29, 1.82) is 0 Å². The van der Waals surface area contributed by atoms with E-state index in [4.69, 9.17) is 17.0 Å². The van der Waals surface area contributed by atoms with Crippen LogP contribution in [0.1, 0.15) is 41.1 Å². The quantitative estimate of drug-likeness (QED) is 0.795. The SMILES string of the molecule is COc1ccc2c(c1)CCC[C@@H]2NC(=S)Nc1ccc(C)c(C)c1. The smallest absolute Gasteiger partial charge is 0.171 e. The third-order valence-electron chi connectivity index (χ3n) is 4.73. The summed E-state index contributed by atoms with van der Waals surface area (Å²) in [6.07, 6.45) is 3.35. The van der Waals surface area contributed by atoms with E-state index in [2.05, 4.69) is 54.8 Å². The first kappa shape index (κ1) is 16.8. The average molecular weight is 340 g/mol. The monoisotopic (exact) mass is 340 g/mol. The van der Waals surface area contributed by atoms with Crippen LogP contribution in [0.3, 0.4) is 0 Å². The minimum Gasteiger partial charge on any atom is -0.497 e. The summed E-state index contributed by atoms with van der Waals surface area (Å²) < 4.78 is 5.34. The van der Waals surface area contributed by atoms with Gasteiger partial charge in [0, 0.05) is 5.69 Å². The molecule has 0 aliphatic heterocycles. The number of nitrogens with one attached hydrogen (secondary N) is 2. The van der Waals surface area contributed by atoms with E-state index in [9.17, 15) is 0 Å². The molecular formula is C20H24N2OS. The van der Waals surface area contributed by atoms with E-state index in [1.54, 1.807) is 7.11 Å². The topological polar surface area (TPSA) is 33.3 Å². The molecule has 0 radical (unpaired) electrons. The summed E-state index contributed by atoms with van der Waals surface area (Å²) in [4.78, 5) is 0. The lowest BCUT2D eigenvalue weighted by atomic mass is 9.87. The number of anilines is 1. The molecule has 0 heterocycles. The van der Waals surface area contributed by atoms with Crippen molar-refractivity contribution < 1.29 is 4.74 Å². The highest BCUT2D eigenvalue weighted by molar-refractivity contribution is 7.80. The molecule has 0 spiro atoms. The minimum atomic E-state index is 0.256. The van der Waals surface area contributed by atoms with E-state index >= 15 is 0 Å². The van der Waals surface area contributed by atoms with Gasteiger partial charge in [-0.05, 0) is 91.8 Å². The van der Waals surface area contributed by atoms with Gasteiger partial charge in [-0.2, -0.15) is 0 Å². The van der Waals surface area contributed by atoms with Gasteiger partial charge in [0.1, 0.15) is 5.75 Å². The average Bonchev–Trinajstić information content (AvgIpc) is 2.58. The molecule has 0 aromatic heterocycles. The molecule has 0 bridgehead atoms. The predicted octanol–water partition coefficient (Wildman–Crippen LogP) is 4.68. The number of rotatable bonds is 3. The molecule has 0 unspecified atom stereocenters. The van der Waals surface area contributed by atoms with Gasteiger partial charge >= 0.3 is 0 Å². The molecule has 3 nitrogen and oxygen atoms in total. The van der Waals surface area contributed by atoms with Crippen molar-refractivity contribution in [3.8, 4) is 5.75 Å². The van der Waals surface area contributed by atoms with Crippen LogP contribution in [0, 0.1) is 13.8 Å². The van der Waals surface area contributed by atoms with Gasteiger partial charge < -0.3 is 15.4 Å². The Balaban J connectivity index is 1.70. The molecule has 1 atom stereocenters. The van der Waals surface area contributed by atoms with E-state index in [0.717, 1.165) is 30.7 Å². The maximum Gasteiger partial charge on any atom is 0.171 e. The number of ether oxygens (including phenoxy) is 1. The van der Waals surface area contributed by atoms with Gasteiger partial charge in [0.05, 0.1) is 13.2 Å². The molecule has 0 saturated carbocycles. The molecule has 0 saturated heterocycles. The first-order chi connectivity index (χ1) is 11.6. The second-order valence-corrected chi connectivity index (χ2v) is 6.82. The maximum absolute atomic E-state index is 5.52. The fourth-order valence-corrected chi connectivity index (χ4v) is 3.47. The summed E-state index contributed by atoms with van der Waals surface area (Å²) in [5, 5.41) is 7.45. The summed E-state index contributed by atoms with van der Waals surface area (Å²) in [5.74, 6) is 0.922. The van der Waals surface area contributed by atoms with E-state index in [-0.39, 0.29) is 6.04 Å². The zero-order chi connectivity index (χ0) is 17.1. The number of methoxy groups -OCH3 is 1. The van der Waals surface area contributed by atoms with E-state index in [1.807, 2.05) is 6.07 Å². The largest absolute Gasteiger partial charge is 0.497 e. The molecule has 1 aliphatic rings. The van der Waals surface area contributed by atoms with Crippen LogP contribution in [0.25, 0.3) is 0 Å². The number of thiocarbonyl (C=S) groups is 1. The van der Waals surface area contributed by atoms with Crippen LogP contribution in [0.4, 0.5) is 5.69 Å². The van der Waals surface area contributed by atoms with Crippen molar-refractivity contribution in [2.45, 2.75) is 39.2 Å². The molecule has 4 heteroatoms. The van der Waals surface area contributed by atoms with Gasteiger partial charge in [-0.15, -0.1) is 0 Å². The van der Waals surface area contributed by atoms with Gasteiger partial charge in [0.2, 0.25) is 0 Å². The normalized spacial score (nSPS) is 16.2. The summed E-state index contributed by atoms with van der Waals surface area (Å²) in [6.45, 7) is 4.23. The molecule has 3 rings (SSSR count). The van der Waals surface area contributed by atoms with Gasteiger partial charge in [0.25, 0.3) is 0 Å². The summed E-state index contributed by atoms with van der Waals surface area (Å²) in [5.41, 5.74) is 6.26. The third kappa shape index (κ3) is 3.70. The number of hydrogen-bond acceptors (Lipinski definition) is 2. The molecule has 2 aromatic carbocycles. The molecule has 126 valence electrons. The van der Waals surface area contributed by atoms with Crippen molar-refractivity contribution in [2.75, 3.05) is 12.4 Å². The van der Waals surface area contributed by atoms with Gasteiger partial charge in [0.15, 0.2) is 5.11 Å². The number of benzene rings is 2. The van der Waals surface area contributed by atoms with Gasteiger partial charge in [-0.1, -0.05) is 12.1 Å². The van der Waals surface area contributed by atoms with Crippen LogP contribution in [0.5, 0.6) is 5.75 Å². The fourth-order valence-electron chi connectivity index (χ4n) is 3.21. The number of aryl methyl sites for hydroxylation is 3. The molecule has 24 heavy (non-hydrogen) atoms. The Bertz CT molecular complexity index is 757. The molecule has 2 aromatic rings. The van der Waals surface area contributed by atoms with Crippen molar-refractivity contribution in [1.82, 2.24) is 5.32 Å². The Labute approximate surface area is 149 Å². The molecule has 0 amide bonds. The molecule has 1 aliphatic carbocycles. The van der Waals surface area contributed by atoms with E-state index in [0.29, 0.717) is 5.11 Å². The first-order valence-corrected chi connectivity index (χ1v) is 8.79. The van der Waals surface area contributed by atoms with Crippen LogP contribution < -0.4 is 15.4 Å². The Kier molecular flexibility index (Phi) is 5.05. The van der Waals surface area contributed by atoms with E-state index in [1.165, 1.54) is 22.3 Å². The van der Waals surface area contributed by atoms with Crippen LogP contribution in [-0.2, 0) is 6.42 Å². The van der Waals surface area contributed by atoms with Crippen molar-refractivity contribution in [3.05, 3.63) is 58.7 Å². The summed E-state index contributed by atoms with van der Waals surface area (Å²) in [6, 6.07) is 12.9. The highest BCUT2D eigenvalue weighted by atomic mass is 32.1. The van der Waals surface area contributed by atoms with Crippen molar-refractivity contribution >= 4 is 23.0 Å². The number of hydrogen-bond donors (Lipinski definition) is 2. The van der Waals surface area contributed by atoms with Crippen molar-refractivity contribution in [3.63, 3.8) is 0 Å². The Hall–Kier alpha value is -2.07. The Morgan fingerprint density at radius 2 is 1.96 bits per heavy atom. The second-order valence-electron chi connectivity index (χ2n) is 6.41. The first-order valence-electron chi connectivity index (χ1n) is 8.38. The molecule has 2 N–H and O–H groups in total. The Morgan fingerprint density at radius 3 is 2.71 bits per heavy atom. The number of fused-ring (bicyclic) bond motifs is 1. The van der Waals surface area contributed by atoms with Crippen LogP contribution in [0.15, 0.2) is 36.4 Å². The van der Waals surface area contributed by atoms with Crippen LogP contribution in [0.2, 0.25) is 0 Å². The lowest BCUT2D eigenvalue weighted by Gasteiger charge is -2.28. The summed E-state index contributed by atoms with van der Waals surface area (Å²) in [7, 11) is 1.71. The predicted molar refractivity (Wildman–Crippen MR) is 104 cm³/mol. The van der Waals surface area contributed by atoms with Gasteiger partial charge in [-0.25, -0.2) is 0 Å². The van der Waals surface area contributed by atoms with Crippen molar-refractivity contribution in [2.24, 2.45) is 0 Å². The van der Waals surface area contributed by atoms with E-state index < -0.39 is 0 Å². The fraction of sp³-hybridized carbons (Fsp3) is 0.350. The van der Waals surface area contributed by atoms with Crippen LogP contribution >= 0.6 is 12.2 Å².